The van der Waals surface area contributed by atoms with E-state index in [0.29, 0.717) is 24.8 Å². The summed E-state index contributed by atoms with van der Waals surface area (Å²) in [6.45, 7) is 0.994. The Kier molecular flexibility index (Phi) is 4.06. The van der Waals surface area contributed by atoms with Crippen molar-refractivity contribution in [1.82, 2.24) is 4.90 Å². The van der Waals surface area contributed by atoms with E-state index < -0.39 is 5.79 Å². The number of nitrogens with zero attached hydrogens (tertiary/aromatic N) is 1. The quantitative estimate of drug-likeness (QED) is 0.570. The zero-order chi connectivity index (χ0) is 19.7. The van der Waals surface area contributed by atoms with Crippen LogP contribution in [0.1, 0.15) is 30.4 Å². The average Bonchev–Trinajstić information content (AvgIpc) is 3.06. The van der Waals surface area contributed by atoms with E-state index in [0.717, 1.165) is 37.2 Å². The van der Waals surface area contributed by atoms with Crippen LogP contribution >= 0.6 is 0 Å². The van der Waals surface area contributed by atoms with Gasteiger partial charge >= 0.3 is 0 Å². The van der Waals surface area contributed by atoms with Gasteiger partial charge in [-0.3, -0.25) is 0 Å². The molecule has 2 fully saturated rings. The second kappa shape index (κ2) is 6.18. The average molecular weight is 387 g/mol. The highest BCUT2D eigenvalue weighted by Gasteiger charge is 2.72. The smallest absolute Gasteiger partial charge is 0.206 e. The maximum absolute atomic E-state index is 11.6. The van der Waals surface area contributed by atoms with E-state index in [9.17, 15) is 4.79 Å². The Morgan fingerprint density at radius 2 is 2.07 bits per heavy atom. The molecule has 2 aliphatic carbocycles. The van der Waals surface area contributed by atoms with E-state index in [4.69, 9.17) is 18.9 Å². The van der Waals surface area contributed by atoms with Crippen molar-refractivity contribution in [2.45, 2.75) is 49.0 Å². The van der Waals surface area contributed by atoms with Crippen molar-refractivity contribution >= 4 is 6.29 Å². The predicted octanol–water partition coefficient (Wildman–Crippen LogP) is 2.17. The van der Waals surface area contributed by atoms with E-state index >= 15 is 0 Å². The molecule has 4 aliphatic rings. The molecular formula is C22H29NO5. The van der Waals surface area contributed by atoms with Crippen LogP contribution in [-0.4, -0.2) is 64.0 Å². The number of ether oxygens (including phenoxy) is 4. The van der Waals surface area contributed by atoms with Gasteiger partial charge in [0.15, 0.2) is 17.6 Å². The van der Waals surface area contributed by atoms with E-state index in [2.05, 4.69) is 18.0 Å². The molecule has 0 amide bonds. The van der Waals surface area contributed by atoms with Gasteiger partial charge in [-0.25, -0.2) is 0 Å². The molecule has 2 heterocycles. The fourth-order valence-corrected chi connectivity index (χ4v) is 6.97. The normalized spacial score (nSPS) is 37.1. The van der Waals surface area contributed by atoms with Crippen LogP contribution < -0.4 is 9.47 Å². The van der Waals surface area contributed by atoms with Gasteiger partial charge < -0.3 is 28.6 Å². The molecule has 1 saturated heterocycles. The van der Waals surface area contributed by atoms with E-state index in [1.165, 1.54) is 11.1 Å². The number of hydrogen-bond acceptors (Lipinski definition) is 6. The number of hydrogen-bond donors (Lipinski definition) is 0. The van der Waals surface area contributed by atoms with Crippen LogP contribution in [0.3, 0.4) is 0 Å². The topological polar surface area (TPSA) is 57.2 Å². The van der Waals surface area contributed by atoms with Gasteiger partial charge in [0.1, 0.15) is 6.29 Å². The lowest BCUT2D eigenvalue weighted by Gasteiger charge is -2.63. The minimum absolute atomic E-state index is 0.190. The molecule has 6 nitrogen and oxygen atoms in total. The largest absolute Gasteiger partial charge is 0.493 e. The van der Waals surface area contributed by atoms with Crippen LogP contribution in [-0.2, 0) is 26.1 Å². The maximum Gasteiger partial charge on any atom is 0.206 e. The van der Waals surface area contributed by atoms with Gasteiger partial charge in [0.05, 0.1) is 7.11 Å². The Hall–Kier alpha value is -1.63. The Bertz CT molecular complexity index is 806. The second-order valence-electron chi connectivity index (χ2n) is 8.78. The minimum atomic E-state index is -0.872. The van der Waals surface area contributed by atoms with E-state index in [1.54, 1.807) is 21.3 Å². The Balaban J connectivity index is 1.80. The lowest BCUT2D eigenvalue weighted by atomic mass is 9.47. The number of methoxy groups -OCH3 is 3. The molecule has 0 radical (unpaired) electrons. The van der Waals surface area contributed by atoms with E-state index in [1.807, 2.05) is 6.07 Å². The maximum atomic E-state index is 11.6. The molecule has 152 valence electrons. The van der Waals surface area contributed by atoms with Gasteiger partial charge in [-0.15, -0.1) is 0 Å². The predicted molar refractivity (Wildman–Crippen MR) is 103 cm³/mol. The van der Waals surface area contributed by atoms with Crippen LogP contribution in [0.2, 0.25) is 0 Å². The molecule has 0 N–H and O–H groups in total. The van der Waals surface area contributed by atoms with Gasteiger partial charge in [-0.05, 0) is 49.9 Å². The number of aldehydes is 1. The number of likely N-dealkylation sites (N-methyl/N-ethyl adjacent to an activating group) is 1. The molecule has 2 aliphatic heterocycles. The number of piperidine rings is 1. The summed E-state index contributed by atoms with van der Waals surface area (Å²) >= 11 is 0. The standard InChI is InChI=1S/C22H29NO5/c1-23-9-8-21-17-14(7-10-24)12-22(26-3,27-4)20(21)28-19-16(25-2)6-5-13(18(19)21)11-15(17)23/h5-6,10,14-15,17,20H,7-9,11-12H2,1-4H3/t14-,15?,17?,20+,21?/m0/s1. The molecule has 28 heavy (non-hydrogen) atoms. The number of carbonyl (C=O) groups is 1. The van der Waals surface area contributed by atoms with Crippen molar-refractivity contribution in [1.29, 1.82) is 0 Å². The molecule has 0 aromatic heterocycles. The highest BCUT2D eigenvalue weighted by Crippen LogP contribution is 2.67. The van der Waals surface area contributed by atoms with Gasteiger partial charge in [0.2, 0.25) is 5.79 Å². The first-order chi connectivity index (χ1) is 13.6. The number of rotatable bonds is 5. The third-order valence-corrected chi connectivity index (χ3v) is 8.02. The van der Waals surface area contributed by atoms with Crippen LogP contribution in [0.25, 0.3) is 0 Å². The number of carbonyl (C=O) groups excluding carboxylic acids is 1. The summed E-state index contributed by atoms with van der Waals surface area (Å²) in [6.07, 6.45) is 3.94. The van der Waals surface area contributed by atoms with Crippen LogP contribution in [0.4, 0.5) is 0 Å². The summed E-state index contributed by atoms with van der Waals surface area (Å²) in [4.78, 5) is 14.1. The molecule has 1 saturated carbocycles. The summed E-state index contributed by atoms with van der Waals surface area (Å²) < 4.78 is 24.4. The second-order valence-corrected chi connectivity index (χ2v) is 8.78. The molecule has 6 heteroatoms. The number of likely N-dealkylation sites (tertiary alicyclic amines) is 1. The summed E-state index contributed by atoms with van der Waals surface area (Å²) in [5, 5.41) is 0. The molecule has 3 unspecified atom stereocenters. The van der Waals surface area contributed by atoms with Crippen molar-refractivity contribution in [2.75, 3.05) is 34.9 Å². The lowest BCUT2D eigenvalue weighted by Crippen LogP contribution is -2.72. The first-order valence-corrected chi connectivity index (χ1v) is 10.2. The molecule has 5 rings (SSSR count). The molecule has 1 spiro atoms. The van der Waals surface area contributed by atoms with Crippen LogP contribution in [0.5, 0.6) is 11.5 Å². The third kappa shape index (κ3) is 2.01. The van der Waals surface area contributed by atoms with Crippen molar-refractivity contribution in [2.24, 2.45) is 11.8 Å². The highest BCUT2D eigenvalue weighted by molar-refractivity contribution is 5.62. The van der Waals surface area contributed by atoms with Crippen LogP contribution in [0, 0.1) is 11.8 Å². The molecule has 5 atom stereocenters. The fraction of sp³-hybridized carbons (Fsp3) is 0.682. The van der Waals surface area contributed by atoms with Crippen LogP contribution in [0.15, 0.2) is 12.1 Å². The van der Waals surface area contributed by atoms with Gasteiger partial charge in [0, 0.05) is 44.1 Å². The van der Waals surface area contributed by atoms with Crippen molar-refractivity contribution in [3.05, 3.63) is 23.3 Å². The SMILES string of the molecule is COc1ccc2c3c1O[C@H]1C(OC)(OC)C[C@H](CC=O)C4C(C2)N(C)CCC341. The third-order valence-electron chi connectivity index (χ3n) is 8.02. The molecule has 2 bridgehead atoms. The van der Waals surface area contributed by atoms with E-state index in [-0.39, 0.29) is 17.4 Å². The minimum Gasteiger partial charge on any atom is -0.493 e. The fourth-order valence-electron chi connectivity index (χ4n) is 6.97. The summed E-state index contributed by atoms with van der Waals surface area (Å²) in [5.74, 6) is 1.27. The highest BCUT2D eigenvalue weighted by atomic mass is 16.7. The Morgan fingerprint density at radius 3 is 2.75 bits per heavy atom. The van der Waals surface area contributed by atoms with Gasteiger partial charge in [0.25, 0.3) is 0 Å². The summed E-state index contributed by atoms with van der Waals surface area (Å²) in [5.41, 5.74) is 2.39. The Morgan fingerprint density at radius 1 is 1.29 bits per heavy atom. The molecule has 1 aromatic carbocycles. The molecular weight excluding hydrogens is 358 g/mol. The first kappa shape index (κ1) is 18.4. The molecule has 1 aromatic rings. The van der Waals surface area contributed by atoms with Crippen molar-refractivity contribution in [3.8, 4) is 11.5 Å². The summed E-state index contributed by atoms with van der Waals surface area (Å²) in [6, 6.07) is 4.60. The number of benzene rings is 1. The first-order valence-electron chi connectivity index (χ1n) is 10.2. The summed E-state index contributed by atoms with van der Waals surface area (Å²) in [7, 11) is 7.29. The zero-order valence-electron chi connectivity index (χ0n) is 17.1. The van der Waals surface area contributed by atoms with Crippen molar-refractivity contribution in [3.63, 3.8) is 0 Å². The van der Waals surface area contributed by atoms with Crippen molar-refractivity contribution < 1.29 is 23.7 Å². The monoisotopic (exact) mass is 387 g/mol. The van der Waals surface area contributed by atoms with Gasteiger partial charge in [-0.1, -0.05) is 6.07 Å². The zero-order valence-corrected chi connectivity index (χ0v) is 17.1. The Labute approximate surface area is 166 Å². The van der Waals surface area contributed by atoms with Gasteiger partial charge in [-0.2, -0.15) is 0 Å². The lowest BCUT2D eigenvalue weighted by molar-refractivity contribution is -0.303.